The van der Waals surface area contributed by atoms with E-state index in [4.69, 9.17) is 10.5 Å². The molecule has 0 aromatic heterocycles. The highest BCUT2D eigenvalue weighted by Crippen LogP contribution is 2.20. The van der Waals surface area contributed by atoms with Gasteiger partial charge in [-0.1, -0.05) is 13.3 Å². The Balaban J connectivity index is 2.16. The summed E-state index contributed by atoms with van der Waals surface area (Å²) >= 11 is 0. The van der Waals surface area contributed by atoms with Crippen LogP contribution < -0.4 is 5.73 Å². The van der Waals surface area contributed by atoms with Crippen LogP contribution in [0.2, 0.25) is 0 Å². The fraction of sp³-hybridized carbons (Fsp3) is 0.923. The zero-order valence-corrected chi connectivity index (χ0v) is 11.2. The minimum Gasteiger partial charge on any atom is -0.465 e. The van der Waals surface area contributed by atoms with Gasteiger partial charge < -0.3 is 15.4 Å². The van der Waals surface area contributed by atoms with Gasteiger partial charge in [0, 0.05) is 13.1 Å². The lowest BCUT2D eigenvalue weighted by Crippen LogP contribution is -2.36. The van der Waals surface area contributed by atoms with Crippen molar-refractivity contribution in [1.82, 2.24) is 4.90 Å². The molecule has 1 rings (SSSR count). The van der Waals surface area contributed by atoms with Crippen molar-refractivity contribution in [2.75, 3.05) is 26.2 Å². The Morgan fingerprint density at radius 1 is 1.53 bits per heavy atom. The smallest absolute Gasteiger partial charge is 0.322 e. The molecule has 0 saturated carbocycles. The molecule has 1 heterocycles. The molecule has 1 aliphatic rings. The van der Waals surface area contributed by atoms with Crippen LogP contribution >= 0.6 is 0 Å². The molecule has 4 nitrogen and oxygen atoms in total. The van der Waals surface area contributed by atoms with Crippen molar-refractivity contribution < 1.29 is 9.53 Å². The second-order valence-corrected chi connectivity index (χ2v) is 4.89. The van der Waals surface area contributed by atoms with Crippen LogP contribution in [0.15, 0.2) is 0 Å². The average molecular weight is 242 g/mol. The summed E-state index contributed by atoms with van der Waals surface area (Å²) in [6.07, 6.45) is 4.58. The van der Waals surface area contributed by atoms with Crippen molar-refractivity contribution >= 4 is 5.97 Å². The van der Waals surface area contributed by atoms with Crippen LogP contribution in [0.1, 0.15) is 39.5 Å². The first kappa shape index (κ1) is 14.5. The van der Waals surface area contributed by atoms with Crippen LogP contribution in [-0.2, 0) is 9.53 Å². The number of nitrogens with two attached hydrogens (primary N) is 1. The highest BCUT2D eigenvalue weighted by atomic mass is 16.5. The van der Waals surface area contributed by atoms with Crippen LogP contribution in [0, 0.1) is 5.92 Å². The standard InChI is InChI=1S/C13H26N2O2/c1-3-5-11-6-8-15(10-11)9-7-12(14)13(16)17-4-2/h11-12H,3-10,14H2,1-2H3. The van der Waals surface area contributed by atoms with Gasteiger partial charge in [-0.15, -0.1) is 0 Å². The Bertz CT molecular complexity index is 233. The first-order chi connectivity index (χ1) is 8.17. The van der Waals surface area contributed by atoms with Crippen LogP contribution in [0.4, 0.5) is 0 Å². The van der Waals surface area contributed by atoms with Gasteiger partial charge in [-0.2, -0.15) is 0 Å². The third-order valence-electron chi connectivity index (χ3n) is 3.41. The summed E-state index contributed by atoms with van der Waals surface area (Å²) < 4.78 is 4.90. The van der Waals surface area contributed by atoms with Gasteiger partial charge in [0.1, 0.15) is 6.04 Å². The van der Waals surface area contributed by atoms with Gasteiger partial charge in [-0.3, -0.25) is 4.79 Å². The monoisotopic (exact) mass is 242 g/mol. The van der Waals surface area contributed by atoms with Gasteiger partial charge in [0.15, 0.2) is 0 Å². The van der Waals surface area contributed by atoms with Crippen molar-refractivity contribution in [1.29, 1.82) is 0 Å². The minimum atomic E-state index is -0.458. The van der Waals surface area contributed by atoms with E-state index < -0.39 is 6.04 Å². The quantitative estimate of drug-likeness (QED) is 0.685. The second-order valence-electron chi connectivity index (χ2n) is 4.89. The van der Waals surface area contributed by atoms with Crippen molar-refractivity contribution in [3.63, 3.8) is 0 Å². The third-order valence-corrected chi connectivity index (χ3v) is 3.41. The Morgan fingerprint density at radius 2 is 2.29 bits per heavy atom. The maximum Gasteiger partial charge on any atom is 0.322 e. The van der Waals surface area contributed by atoms with E-state index in [1.54, 1.807) is 6.92 Å². The summed E-state index contributed by atoms with van der Waals surface area (Å²) in [5.74, 6) is 0.579. The molecular formula is C13H26N2O2. The summed E-state index contributed by atoms with van der Waals surface area (Å²) in [5, 5.41) is 0. The molecule has 0 aromatic carbocycles. The normalized spacial score (nSPS) is 22.6. The number of likely N-dealkylation sites (tertiary alicyclic amines) is 1. The van der Waals surface area contributed by atoms with Crippen LogP contribution in [0.3, 0.4) is 0 Å². The molecule has 0 bridgehead atoms. The zero-order valence-electron chi connectivity index (χ0n) is 11.2. The first-order valence-corrected chi connectivity index (χ1v) is 6.81. The van der Waals surface area contributed by atoms with Gasteiger partial charge >= 0.3 is 5.97 Å². The van der Waals surface area contributed by atoms with E-state index in [-0.39, 0.29) is 5.97 Å². The molecule has 2 unspecified atom stereocenters. The van der Waals surface area contributed by atoms with Gasteiger partial charge in [-0.05, 0) is 38.6 Å². The number of ether oxygens (including phenoxy) is 1. The molecule has 0 spiro atoms. The maximum atomic E-state index is 11.3. The van der Waals surface area contributed by atoms with Gasteiger partial charge in [0.25, 0.3) is 0 Å². The highest BCUT2D eigenvalue weighted by molar-refractivity contribution is 5.75. The Hall–Kier alpha value is -0.610. The third kappa shape index (κ3) is 5.04. The molecule has 100 valence electrons. The lowest BCUT2D eigenvalue weighted by atomic mass is 10.0. The summed E-state index contributed by atoms with van der Waals surface area (Å²) in [5.41, 5.74) is 5.77. The highest BCUT2D eigenvalue weighted by Gasteiger charge is 2.23. The fourth-order valence-electron chi connectivity index (χ4n) is 2.45. The van der Waals surface area contributed by atoms with E-state index in [2.05, 4.69) is 11.8 Å². The minimum absolute atomic E-state index is 0.267. The first-order valence-electron chi connectivity index (χ1n) is 6.81. The summed E-state index contributed by atoms with van der Waals surface area (Å²) in [6, 6.07) is -0.458. The van der Waals surface area contributed by atoms with E-state index >= 15 is 0 Å². The lowest BCUT2D eigenvalue weighted by molar-refractivity contribution is -0.144. The van der Waals surface area contributed by atoms with Gasteiger partial charge in [-0.25, -0.2) is 0 Å². The molecule has 1 aliphatic heterocycles. The number of hydrogen-bond donors (Lipinski definition) is 1. The van der Waals surface area contributed by atoms with Crippen molar-refractivity contribution in [2.24, 2.45) is 11.7 Å². The molecule has 4 heteroatoms. The van der Waals surface area contributed by atoms with Gasteiger partial charge in [0.05, 0.1) is 6.61 Å². The zero-order chi connectivity index (χ0) is 12.7. The van der Waals surface area contributed by atoms with Crippen molar-refractivity contribution in [3.8, 4) is 0 Å². The van der Waals surface area contributed by atoms with E-state index in [1.165, 1.54) is 25.8 Å². The number of hydrogen-bond acceptors (Lipinski definition) is 4. The van der Waals surface area contributed by atoms with Gasteiger partial charge in [0.2, 0.25) is 0 Å². The molecule has 0 aromatic rings. The second kappa shape index (κ2) is 7.67. The molecule has 1 saturated heterocycles. The number of nitrogens with zero attached hydrogens (tertiary/aromatic N) is 1. The molecule has 17 heavy (non-hydrogen) atoms. The Morgan fingerprint density at radius 3 is 2.94 bits per heavy atom. The largest absolute Gasteiger partial charge is 0.465 e. The number of carbonyl (C=O) groups is 1. The average Bonchev–Trinajstić information content (AvgIpc) is 2.74. The predicted molar refractivity (Wildman–Crippen MR) is 68.7 cm³/mol. The lowest BCUT2D eigenvalue weighted by Gasteiger charge is -2.18. The number of carbonyl (C=O) groups excluding carboxylic acids is 1. The maximum absolute atomic E-state index is 11.3. The predicted octanol–water partition coefficient (Wildman–Crippen LogP) is 1.39. The molecule has 0 amide bonds. The van der Waals surface area contributed by atoms with Crippen molar-refractivity contribution in [3.05, 3.63) is 0 Å². The molecule has 0 radical (unpaired) electrons. The Kier molecular flexibility index (Phi) is 6.52. The molecular weight excluding hydrogens is 216 g/mol. The van der Waals surface area contributed by atoms with E-state index in [1.807, 2.05) is 0 Å². The SMILES string of the molecule is CCCC1CCN(CCC(N)C(=O)OCC)C1. The summed E-state index contributed by atoms with van der Waals surface area (Å²) in [7, 11) is 0. The fourth-order valence-corrected chi connectivity index (χ4v) is 2.45. The molecule has 2 N–H and O–H groups in total. The summed E-state index contributed by atoms with van der Waals surface area (Å²) in [4.78, 5) is 13.8. The summed E-state index contributed by atoms with van der Waals surface area (Å²) in [6.45, 7) is 7.69. The molecule has 2 atom stereocenters. The van der Waals surface area contributed by atoms with Crippen LogP contribution in [0.25, 0.3) is 0 Å². The molecule has 1 fully saturated rings. The number of rotatable bonds is 7. The Labute approximate surface area is 104 Å². The van der Waals surface area contributed by atoms with E-state index in [0.717, 1.165) is 19.0 Å². The van der Waals surface area contributed by atoms with Crippen LogP contribution in [0.5, 0.6) is 0 Å². The topological polar surface area (TPSA) is 55.6 Å². The van der Waals surface area contributed by atoms with E-state index in [9.17, 15) is 4.79 Å². The molecule has 0 aliphatic carbocycles. The van der Waals surface area contributed by atoms with Crippen LogP contribution in [-0.4, -0.2) is 43.2 Å². The number of esters is 1. The van der Waals surface area contributed by atoms with E-state index in [0.29, 0.717) is 13.0 Å². The van der Waals surface area contributed by atoms with Crippen molar-refractivity contribution in [2.45, 2.75) is 45.6 Å².